The summed E-state index contributed by atoms with van der Waals surface area (Å²) < 4.78 is 136. The van der Waals surface area contributed by atoms with Gasteiger partial charge in [-0.1, -0.05) is 53.7 Å². The molecule has 5 atom stereocenters. The van der Waals surface area contributed by atoms with Crippen molar-refractivity contribution in [1.82, 2.24) is 20.9 Å². The molecule has 208 valence electrons. The number of nitrogens with two attached hydrogens (primary N) is 1. The molecule has 37 heavy (non-hydrogen) atoms. The quantitative estimate of drug-likeness (QED) is 0.348. The van der Waals surface area contributed by atoms with Gasteiger partial charge in [0.15, 0.2) is 0 Å². The molecule has 0 bridgehead atoms. The lowest BCUT2D eigenvalue weighted by molar-refractivity contribution is -0.145. The van der Waals surface area contributed by atoms with E-state index in [9.17, 15) is 24.0 Å². The molecular weight excluding hydrogens is 474 g/mol. The number of carbonyl (C=O) groups excluding carboxylic acids is 5. The Morgan fingerprint density at radius 1 is 1.11 bits per heavy atom. The second-order valence-corrected chi connectivity index (χ2v) is 11.0. The molecular formula is C27H45N5O5. The lowest BCUT2D eigenvalue weighted by Crippen LogP contribution is -2.62. The van der Waals surface area contributed by atoms with Crippen molar-refractivity contribution in [3.8, 4) is 0 Å². The number of rotatable bonds is 8. The van der Waals surface area contributed by atoms with Crippen LogP contribution in [-0.4, -0.2) is 64.6 Å². The van der Waals surface area contributed by atoms with Crippen molar-refractivity contribution in [3.63, 3.8) is 0 Å². The molecule has 0 aromatic carbocycles. The van der Waals surface area contributed by atoms with Gasteiger partial charge in [-0.05, 0) is 55.5 Å². The predicted octanol–water partition coefficient (Wildman–Crippen LogP) is 1.71. The van der Waals surface area contributed by atoms with Gasteiger partial charge in [0.2, 0.25) is 17.6 Å². The van der Waals surface area contributed by atoms with Crippen molar-refractivity contribution >= 4 is 29.5 Å². The van der Waals surface area contributed by atoms with Crippen LogP contribution >= 0.6 is 0 Å². The van der Waals surface area contributed by atoms with E-state index in [2.05, 4.69) is 10.6 Å². The van der Waals surface area contributed by atoms with Crippen molar-refractivity contribution in [1.29, 1.82) is 0 Å². The first kappa shape index (κ1) is 13.4. The van der Waals surface area contributed by atoms with Crippen molar-refractivity contribution in [3.05, 3.63) is 0 Å². The van der Waals surface area contributed by atoms with Crippen LogP contribution < -0.4 is 21.7 Å². The fourth-order valence-corrected chi connectivity index (χ4v) is 4.78. The van der Waals surface area contributed by atoms with Crippen LogP contribution in [0.3, 0.4) is 0 Å². The van der Waals surface area contributed by atoms with E-state index in [4.69, 9.17) is 29.0 Å². The van der Waals surface area contributed by atoms with E-state index in [1.165, 1.54) is 26.1 Å². The van der Waals surface area contributed by atoms with Crippen LogP contribution in [0.25, 0.3) is 0 Å². The molecule has 0 radical (unpaired) electrons. The van der Waals surface area contributed by atoms with E-state index < -0.39 is 129 Å². The molecule has 3 rings (SSSR count). The minimum absolute atomic E-state index is 0.263. The van der Waals surface area contributed by atoms with Gasteiger partial charge in [0, 0.05) is 35.4 Å². The molecule has 1 aliphatic heterocycles. The van der Waals surface area contributed by atoms with Crippen LogP contribution in [0.2, 0.25) is 0 Å². The Labute approximate surface area is 244 Å². The number of Topliss-reactive ketones (excluding diaryl/α,β-unsaturated/α-hetero) is 1. The van der Waals surface area contributed by atoms with Crippen LogP contribution in [0.4, 0.5) is 4.79 Å². The Hall–Kier alpha value is -2.65. The number of urea groups is 1. The minimum Gasteiger partial charge on any atom is -0.363 e. The number of ketones is 1. The fourth-order valence-electron chi connectivity index (χ4n) is 4.78. The van der Waals surface area contributed by atoms with E-state index in [-0.39, 0.29) is 12.8 Å². The van der Waals surface area contributed by atoms with Crippen molar-refractivity contribution in [2.75, 3.05) is 6.54 Å². The molecule has 0 aromatic heterocycles. The molecule has 3 aliphatic rings. The maximum Gasteiger partial charge on any atom is 0.315 e. The number of hydrogen-bond donors (Lipinski definition) is 4. The van der Waals surface area contributed by atoms with Gasteiger partial charge in [-0.2, -0.15) is 0 Å². The van der Waals surface area contributed by atoms with Gasteiger partial charge in [-0.3, -0.25) is 19.2 Å². The molecule has 2 aliphatic carbocycles. The number of amides is 5. The molecule has 5 N–H and O–H groups in total. The molecule has 10 heteroatoms. The molecule has 1 saturated heterocycles. The SMILES string of the molecule is [2H]C([2H])(C1CCC1)[C@H](NC(=O)[C@@H]1[C@@H]2[C@H](CN1C(=O)[C@@H](NC(=O)NC(C([2H])([2H])[2H])(C([2H])([2H])[2H])C([2H])([2H])[2H])C(C)(C)C)C2(C([2H])([2H])[2H])C([2H])([2H])[2H])C(=O)C(N)=O. The largest absolute Gasteiger partial charge is 0.363 e. The van der Waals surface area contributed by atoms with E-state index >= 15 is 0 Å². The second-order valence-electron chi connectivity index (χ2n) is 11.0. The highest BCUT2D eigenvalue weighted by atomic mass is 16.2. The van der Waals surface area contributed by atoms with Crippen LogP contribution in [0.15, 0.2) is 0 Å². The molecule has 3 fully saturated rings. The van der Waals surface area contributed by atoms with Crippen molar-refractivity contribution in [2.24, 2.45) is 34.3 Å². The Morgan fingerprint density at radius 3 is 2.24 bits per heavy atom. The first-order valence-corrected chi connectivity index (χ1v) is 11.9. The van der Waals surface area contributed by atoms with Crippen molar-refractivity contribution in [2.45, 2.75) is 104 Å². The maximum absolute atomic E-state index is 14.4. The highest BCUT2D eigenvalue weighted by Crippen LogP contribution is 2.65. The highest BCUT2D eigenvalue weighted by molar-refractivity contribution is 6.37. The van der Waals surface area contributed by atoms with Crippen LogP contribution in [-0.2, 0) is 19.2 Å². The third kappa shape index (κ3) is 6.26. The summed E-state index contributed by atoms with van der Waals surface area (Å²) in [7, 11) is 0. The lowest BCUT2D eigenvalue weighted by atomic mass is 9.80. The third-order valence-electron chi connectivity index (χ3n) is 7.04. The third-order valence-corrected chi connectivity index (χ3v) is 7.04. The van der Waals surface area contributed by atoms with Gasteiger partial charge in [-0.15, -0.1) is 0 Å². The van der Waals surface area contributed by atoms with Gasteiger partial charge < -0.3 is 26.6 Å². The van der Waals surface area contributed by atoms with Gasteiger partial charge in [0.05, 0.1) is 6.04 Å². The van der Waals surface area contributed by atoms with Crippen LogP contribution in [0.5, 0.6) is 0 Å². The average Bonchev–Trinajstić information content (AvgIpc) is 3.43. The maximum atomic E-state index is 14.4. The smallest absolute Gasteiger partial charge is 0.315 e. The Morgan fingerprint density at radius 2 is 1.76 bits per heavy atom. The number of nitrogens with one attached hydrogen (secondary N) is 3. The number of nitrogens with zero attached hydrogens (tertiary/aromatic N) is 1. The van der Waals surface area contributed by atoms with E-state index in [0.29, 0.717) is 11.3 Å². The molecule has 2 saturated carbocycles. The van der Waals surface area contributed by atoms with Gasteiger partial charge in [-0.25, -0.2) is 4.79 Å². The number of likely N-dealkylation sites (tertiary alicyclic amines) is 1. The van der Waals surface area contributed by atoms with Gasteiger partial charge >= 0.3 is 6.03 Å². The summed E-state index contributed by atoms with van der Waals surface area (Å²) in [5.41, 5.74) is -2.70. The monoisotopic (exact) mass is 536 g/mol. The topological polar surface area (TPSA) is 151 Å². The normalized spacial score (nSPS) is 35.2. The fraction of sp³-hybridized carbons (Fsp3) is 0.815. The molecule has 0 spiro atoms. The summed E-state index contributed by atoms with van der Waals surface area (Å²) in [6.45, 7) is -14.8. The number of piperidine rings is 1. The predicted molar refractivity (Wildman–Crippen MR) is 139 cm³/mol. The van der Waals surface area contributed by atoms with E-state index in [0.717, 1.165) is 0 Å². The highest BCUT2D eigenvalue weighted by Gasteiger charge is 2.70. The second kappa shape index (κ2) is 9.91. The summed E-state index contributed by atoms with van der Waals surface area (Å²) in [5.74, 6) is -9.77. The van der Waals surface area contributed by atoms with E-state index in [1.54, 1.807) is 0 Å². The Kier molecular flexibility index (Phi) is 3.59. The van der Waals surface area contributed by atoms with E-state index in [1.807, 2.05) is 0 Å². The number of carbonyl (C=O) groups is 5. The first-order chi connectivity index (χ1) is 23.9. The summed E-state index contributed by atoms with van der Waals surface area (Å²) in [6, 6.07) is -7.96. The minimum atomic E-state index is -3.88. The summed E-state index contributed by atoms with van der Waals surface area (Å²) >= 11 is 0. The van der Waals surface area contributed by atoms with Crippen LogP contribution in [0.1, 0.15) is 104 Å². The number of hydrogen-bond acceptors (Lipinski definition) is 5. The zero-order valence-corrected chi connectivity index (χ0v) is 20.9. The zero-order chi connectivity index (χ0) is 42.4. The summed E-state index contributed by atoms with van der Waals surface area (Å²) in [6.07, 6.45) is -1.50. The molecule has 0 unspecified atom stereocenters. The van der Waals surface area contributed by atoms with Gasteiger partial charge in [0.25, 0.3) is 5.91 Å². The average molecular weight is 537 g/mol. The zero-order valence-electron chi connectivity index (χ0n) is 37.9. The lowest BCUT2D eigenvalue weighted by Gasteiger charge is -2.38. The summed E-state index contributed by atoms with van der Waals surface area (Å²) in [4.78, 5) is 67.8. The first-order valence-electron chi connectivity index (χ1n) is 20.4. The number of primary amides is 1. The Bertz CT molecular complexity index is 1480. The standard InChI is InChI=1S/C27H45N5O5/c1-25(2,3)20(30-24(37)31-26(4,5)6)23(36)32-13-15-17(27(15,7)8)18(32)22(35)29-16(19(33)21(28)34)12-14-10-9-11-14/h14-18,20H,9-13H2,1-8H3,(H2,28,34)(H,29,35)(H2,30,31,37)/t15-,16-,17-,18-,20+/m0/s1/i4D3,5D3,6D3,7D3,8D3,12D2. The van der Waals surface area contributed by atoms with Crippen molar-refractivity contribution < 1.29 is 47.3 Å². The summed E-state index contributed by atoms with van der Waals surface area (Å²) in [5, 5.41) is 5.71. The van der Waals surface area contributed by atoms with Gasteiger partial charge in [0.1, 0.15) is 12.1 Å². The molecule has 1 heterocycles. The molecule has 0 aromatic rings. The van der Waals surface area contributed by atoms with Crippen LogP contribution in [0, 0.1) is 28.6 Å². The number of fused-ring (bicyclic) bond motifs is 1. The molecule has 10 nitrogen and oxygen atoms in total. The molecule has 5 amide bonds. The Balaban J connectivity index is 2.14.